The number of fused-ring (bicyclic) bond motifs is 1. The Morgan fingerprint density at radius 1 is 1.07 bits per heavy atom. The summed E-state index contributed by atoms with van der Waals surface area (Å²) in [6.07, 6.45) is 8.26. The summed E-state index contributed by atoms with van der Waals surface area (Å²) in [5.74, 6) is 2.52. The van der Waals surface area contributed by atoms with Gasteiger partial charge >= 0.3 is 0 Å². The molecule has 2 aromatic heterocycles. The summed E-state index contributed by atoms with van der Waals surface area (Å²) in [5, 5.41) is 22.2. The SMILES string of the molecule is Cc1ccc(-c2cnn3c(NCC4CC4)cc(NC4CCCCC4O)nc23)cc1C. The van der Waals surface area contributed by atoms with Gasteiger partial charge in [0.25, 0.3) is 0 Å². The molecule has 2 saturated carbocycles. The van der Waals surface area contributed by atoms with E-state index >= 15 is 0 Å². The summed E-state index contributed by atoms with van der Waals surface area (Å²) in [7, 11) is 0. The highest BCUT2D eigenvalue weighted by Gasteiger charge is 2.25. The number of hydrogen-bond donors (Lipinski definition) is 3. The third kappa shape index (κ3) is 3.88. The Morgan fingerprint density at radius 2 is 1.90 bits per heavy atom. The standard InChI is InChI=1S/C24H31N5O/c1-15-7-10-18(11-16(15)2)19-14-26-29-23(25-13-17-8-9-17)12-22(28-24(19)29)27-20-5-3-4-6-21(20)30/h7,10-12,14,17,20-21,25,30H,3-6,8-9,13H2,1-2H3,(H,27,28). The first kappa shape index (κ1) is 19.4. The van der Waals surface area contributed by atoms with Gasteiger partial charge in [0.05, 0.1) is 18.3 Å². The molecule has 5 rings (SSSR count). The van der Waals surface area contributed by atoms with Crippen molar-refractivity contribution >= 4 is 17.3 Å². The van der Waals surface area contributed by atoms with Crippen molar-refractivity contribution in [2.24, 2.45) is 5.92 Å². The molecule has 0 aliphatic heterocycles. The Hall–Kier alpha value is -2.60. The van der Waals surface area contributed by atoms with Gasteiger partial charge in [-0.3, -0.25) is 0 Å². The zero-order valence-electron chi connectivity index (χ0n) is 17.9. The van der Waals surface area contributed by atoms with Crippen LogP contribution in [0, 0.1) is 19.8 Å². The van der Waals surface area contributed by atoms with Crippen LogP contribution in [0.3, 0.4) is 0 Å². The van der Waals surface area contributed by atoms with Crippen LogP contribution >= 0.6 is 0 Å². The lowest BCUT2D eigenvalue weighted by atomic mass is 9.92. The van der Waals surface area contributed by atoms with E-state index in [9.17, 15) is 5.11 Å². The molecule has 0 saturated heterocycles. The first-order valence-electron chi connectivity index (χ1n) is 11.2. The van der Waals surface area contributed by atoms with Crippen LogP contribution in [-0.4, -0.2) is 38.4 Å². The van der Waals surface area contributed by atoms with Crippen molar-refractivity contribution in [3.63, 3.8) is 0 Å². The number of nitrogens with one attached hydrogen (secondary N) is 2. The Kier molecular flexibility index (Phi) is 5.11. The zero-order valence-corrected chi connectivity index (χ0v) is 17.9. The monoisotopic (exact) mass is 405 g/mol. The van der Waals surface area contributed by atoms with E-state index in [4.69, 9.17) is 4.98 Å². The number of aliphatic hydroxyl groups is 1. The predicted molar refractivity (Wildman–Crippen MR) is 121 cm³/mol. The van der Waals surface area contributed by atoms with E-state index in [1.165, 1.54) is 24.0 Å². The van der Waals surface area contributed by atoms with Gasteiger partial charge < -0.3 is 15.7 Å². The second-order valence-corrected chi connectivity index (χ2v) is 9.05. The van der Waals surface area contributed by atoms with Crippen molar-refractivity contribution < 1.29 is 5.11 Å². The molecule has 2 aliphatic carbocycles. The zero-order chi connectivity index (χ0) is 20.7. The summed E-state index contributed by atoms with van der Waals surface area (Å²) < 4.78 is 1.91. The maximum Gasteiger partial charge on any atom is 0.167 e. The summed E-state index contributed by atoms with van der Waals surface area (Å²) in [5.41, 5.74) is 5.54. The van der Waals surface area contributed by atoms with Crippen molar-refractivity contribution in [1.29, 1.82) is 0 Å². The Bertz CT molecular complexity index is 1060. The molecule has 158 valence electrons. The maximum atomic E-state index is 10.4. The minimum absolute atomic E-state index is 0.0537. The molecule has 2 atom stereocenters. The Morgan fingerprint density at radius 3 is 2.67 bits per heavy atom. The second kappa shape index (κ2) is 7.91. The second-order valence-electron chi connectivity index (χ2n) is 9.05. The summed E-state index contributed by atoms with van der Waals surface area (Å²) in [6.45, 7) is 5.23. The topological polar surface area (TPSA) is 74.5 Å². The van der Waals surface area contributed by atoms with Crippen LogP contribution in [0.4, 0.5) is 11.6 Å². The highest BCUT2D eigenvalue weighted by Crippen LogP contribution is 2.32. The van der Waals surface area contributed by atoms with Gasteiger partial charge in [0, 0.05) is 18.2 Å². The van der Waals surface area contributed by atoms with Gasteiger partial charge in [0.1, 0.15) is 11.6 Å². The van der Waals surface area contributed by atoms with E-state index in [-0.39, 0.29) is 12.1 Å². The number of nitrogens with zero attached hydrogens (tertiary/aromatic N) is 3. The molecule has 2 unspecified atom stereocenters. The predicted octanol–water partition coefficient (Wildman–Crippen LogP) is 4.55. The molecule has 0 amide bonds. The highest BCUT2D eigenvalue weighted by atomic mass is 16.3. The van der Waals surface area contributed by atoms with Crippen LogP contribution in [0.2, 0.25) is 0 Å². The van der Waals surface area contributed by atoms with E-state index < -0.39 is 0 Å². The minimum atomic E-state index is -0.316. The third-order valence-electron chi connectivity index (χ3n) is 6.62. The largest absolute Gasteiger partial charge is 0.391 e. The van der Waals surface area contributed by atoms with Gasteiger partial charge in [0.15, 0.2) is 5.65 Å². The van der Waals surface area contributed by atoms with Gasteiger partial charge in [-0.2, -0.15) is 9.61 Å². The molecule has 0 spiro atoms. The van der Waals surface area contributed by atoms with Crippen LogP contribution in [0.15, 0.2) is 30.5 Å². The molecule has 2 heterocycles. The van der Waals surface area contributed by atoms with Gasteiger partial charge in [-0.25, -0.2) is 4.98 Å². The number of aliphatic hydroxyl groups excluding tert-OH is 1. The number of aryl methyl sites for hydroxylation is 2. The lowest BCUT2D eigenvalue weighted by molar-refractivity contribution is 0.116. The van der Waals surface area contributed by atoms with Crippen LogP contribution in [0.5, 0.6) is 0 Å². The Balaban J connectivity index is 1.54. The molecule has 2 aliphatic rings. The third-order valence-corrected chi connectivity index (χ3v) is 6.62. The number of anilines is 2. The molecule has 30 heavy (non-hydrogen) atoms. The van der Waals surface area contributed by atoms with Gasteiger partial charge in [-0.05, 0) is 62.1 Å². The van der Waals surface area contributed by atoms with Crippen molar-refractivity contribution in [3.8, 4) is 11.1 Å². The average Bonchev–Trinajstić information content (AvgIpc) is 3.47. The van der Waals surface area contributed by atoms with E-state index in [0.29, 0.717) is 0 Å². The molecule has 0 radical (unpaired) electrons. The number of aromatic nitrogens is 3. The summed E-state index contributed by atoms with van der Waals surface area (Å²) in [4.78, 5) is 4.93. The van der Waals surface area contributed by atoms with E-state index in [1.54, 1.807) is 0 Å². The lowest BCUT2D eigenvalue weighted by Crippen LogP contribution is -2.36. The molecule has 6 heteroatoms. The van der Waals surface area contributed by atoms with Crippen molar-refractivity contribution in [1.82, 2.24) is 14.6 Å². The van der Waals surface area contributed by atoms with Crippen LogP contribution in [0.1, 0.15) is 49.7 Å². The van der Waals surface area contributed by atoms with Gasteiger partial charge in [-0.1, -0.05) is 31.0 Å². The van der Waals surface area contributed by atoms with Crippen molar-refractivity contribution in [3.05, 3.63) is 41.6 Å². The maximum absolute atomic E-state index is 10.4. The van der Waals surface area contributed by atoms with Crippen LogP contribution in [0.25, 0.3) is 16.8 Å². The minimum Gasteiger partial charge on any atom is -0.391 e. The molecular weight excluding hydrogens is 374 g/mol. The van der Waals surface area contributed by atoms with E-state index in [0.717, 1.165) is 66.6 Å². The van der Waals surface area contributed by atoms with Gasteiger partial charge in [-0.15, -0.1) is 0 Å². The van der Waals surface area contributed by atoms with Crippen LogP contribution in [-0.2, 0) is 0 Å². The van der Waals surface area contributed by atoms with E-state index in [2.05, 4.69) is 47.8 Å². The lowest BCUT2D eigenvalue weighted by Gasteiger charge is -2.29. The molecule has 0 bridgehead atoms. The molecule has 6 nitrogen and oxygen atoms in total. The number of hydrogen-bond acceptors (Lipinski definition) is 5. The van der Waals surface area contributed by atoms with Crippen LogP contribution < -0.4 is 10.6 Å². The number of rotatable bonds is 6. The summed E-state index contributed by atoms with van der Waals surface area (Å²) in [6, 6.07) is 8.59. The fourth-order valence-corrected chi connectivity index (χ4v) is 4.32. The molecule has 1 aromatic carbocycles. The first-order chi connectivity index (χ1) is 14.6. The summed E-state index contributed by atoms with van der Waals surface area (Å²) >= 11 is 0. The average molecular weight is 406 g/mol. The Labute approximate surface area is 177 Å². The molecular formula is C24H31N5O. The number of benzene rings is 1. The quantitative estimate of drug-likeness (QED) is 0.561. The van der Waals surface area contributed by atoms with E-state index in [1.807, 2.05) is 16.8 Å². The fraction of sp³-hybridized carbons (Fsp3) is 0.500. The van der Waals surface area contributed by atoms with Crippen molar-refractivity contribution in [2.45, 2.75) is 64.5 Å². The van der Waals surface area contributed by atoms with Crippen molar-refractivity contribution in [2.75, 3.05) is 17.2 Å². The first-order valence-corrected chi connectivity index (χ1v) is 11.2. The molecule has 3 aromatic rings. The smallest absolute Gasteiger partial charge is 0.167 e. The highest BCUT2D eigenvalue weighted by molar-refractivity contribution is 5.80. The normalized spacial score (nSPS) is 21.7. The fourth-order valence-electron chi connectivity index (χ4n) is 4.32. The molecule has 3 N–H and O–H groups in total. The molecule has 2 fully saturated rings. The van der Waals surface area contributed by atoms with Gasteiger partial charge in [0.2, 0.25) is 0 Å².